The first-order valence-electron chi connectivity index (χ1n) is 7.39. The van der Waals surface area contributed by atoms with E-state index in [0.29, 0.717) is 0 Å². The summed E-state index contributed by atoms with van der Waals surface area (Å²) in [6.45, 7) is 6.97. The summed E-state index contributed by atoms with van der Waals surface area (Å²) in [5, 5.41) is 3.32. The highest BCUT2D eigenvalue weighted by Crippen LogP contribution is 2.62. The van der Waals surface area contributed by atoms with Gasteiger partial charge in [0.15, 0.2) is 0 Å². The number of carbonyl (C=O) groups is 1. The molecule has 2 bridgehead atoms. The number of hydrogen-bond acceptors (Lipinski definition) is 1. The minimum atomic E-state index is 0.0596. The van der Waals surface area contributed by atoms with Crippen LogP contribution >= 0.6 is 15.9 Å². The van der Waals surface area contributed by atoms with E-state index >= 15 is 0 Å². The van der Waals surface area contributed by atoms with Gasteiger partial charge in [-0.3, -0.25) is 4.79 Å². The van der Waals surface area contributed by atoms with E-state index < -0.39 is 0 Å². The molecule has 3 heteroatoms. The predicted molar refractivity (Wildman–Crippen MR) is 84.6 cm³/mol. The third-order valence-corrected chi connectivity index (χ3v) is 6.18. The maximum absolute atomic E-state index is 12.5. The number of benzene rings is 1. The Hall–Kier alpha value is -0.830. The quantitative estimate of drug-likeness (QED) is 0.852. The van der Waals surface area contributed by atoms with Gasteiger partial charge < -0.3 is 5.32 Å². The summed E-state index contributed by atoms with van der Waals surface area (Å²) < 4.78 is 1.00. The predicted octanol–water partition coefficient (Wildman–Crippen LogP) is 4.39. The maximum Gasteiger partial charge on any atom is 0.251 e. The average molecular weight is 336 g/mol. The van der Waals surface area contributed by atoms with Gasteiger partial charge in [0, 0.05) is 16.1 Å². The fourth-order valence-corrected chi connectivity index (χ4v) is 4.74. The van der Waals surface area contributed by atoms with E-state index in [-0.39, 0.29) is 22.8 Å². The van der Waals surface area contributed by atoms with Gasteiger partial charge in [-0.05, 0) is 60.3 Å². The van der Waals surface area contributed by atoms with E-state index in [9.17, 15) is 4.79 Å². The number of nitrogens with one attached hydrogen (secondary N) is 1. The van der Waals surface area contributed by atoms with Crippen molar-refractivity contribution in [2.75, 3.05) is 0 Å². The molecule has 20 heavy (non-hydrogen) atoms. The number of carbonyl (C=O) groups excluding carboxylic acids is 1. The first-order chi connectivity index (χ1) is 9.33. The lowest BCUT2D eigenvalue weighted by Crippen LogP contribution is -2.52. The molecule has 2 nitrogen and oxygen atoms in total. The number of fused-ring (bicyclic) bond motifs is 2. The first-order valence-corrected chi connectivity index (χ1v) is 8.19. The molecule has 0 heterocycles. The van der Waals surface area contributed by atoms with Gasteiger partial charge in [0.2, 0.25) is 0 Å². The van der Waals surface area contributed by atoms with Gasteiger partial charge in [-0.15, -0.1) is 0 Å². The Morgan fingerprint density at radius 3 is 2.45 bits per heavy atom. The molecule has 3 atom stereocenters. The Labute approximate surface area is 129 Å². The van der Waals surface area contributed by atoms with Crippen molar-refractivity contribution in [2.24, 2.45) is 16.7 Å². The second-order valence-corrected chi connectivity index (χ2v) is 8.24. The lowest BCUT2D eigenvalue weighted by atomic mass is 9.68. The molecular weight excluding hydrogens is 314 g/mol. The van der Waals surface area contributed by atoms with Crippen molar-refractivity contribution in [1.29, 1.82) is 0 Å². The summed E-state index contributed by atoms with van der Waals surface area (Å²) in [5.41, 5.74) is 1.23. The molecule has 2 aliphatic carbocycles. The van der Waals surface area contributed by atoms with Crippen LogP contribution in [0.2, 0.25) is 0 Å². The largest absolute Gasteiger partial charge is 0.348 e. The lowest BCUT2D eigenvalue weighted by Gasteiger charge is -2.43. The molecule has 2 saturated carbocycles. The van der Waals surface area contributed by atoms with E-state index in [4.69, 9.17) is 0 Å². The van der Waals surface area contributed by atoms with E-state index in [0.717, 1.165) is 16.0 Å². The van der Waals surface area contributed by atoms with Crippen LogP contribution in [0.4, 0.5) is 0 Å². The lowest BCUT2D eigenvalue weighted by molar-refractivity contribution is 0.0737. The van der Waals surface area contributed by atoms with Gasteiger partial charge in [0.05, 0.1) is 0 Å². The van der Waals surface area contributed by atoms with Gasteiger partial charge in [-0.25, -0.2) is 0 Å². The molecule has 1 N–H and O–H groups in total. The van der Waals surface area contributed by atoms with Crippen molar-refractivity contribution < 1.29 is 4.79 Å². The Kier molecular flexibility index (Phi) is 3.24. The number of hydrogen-bond donors (Lipinski definition) is 1. The van der Waals surface area contributed by atoms with Crippen molar-refractivity contribution >= 4 is 21.8 Å². The Morgan fingerprint density at radius 2 is 1.90 bits per heavy atom. The van der Waals surface area contributed by atoms with Crippen LogP contribution < -0.4 is 5.32 Å². The second-order valence-electron chi connectivity index (χ2n) is 7.33. The summed E-state index contributed by atoms with van der Waals surface area (Å²) in [7, 11) is 0. The van der Waals surface area contributed by atoms with E-state index in [1.165, 1.54) is 19.3 Å². The van der Waals surface area contributed by atoms with Gasteiger partial charge in [-0.1, -0.05) is 36.7 Å². The highest BCUT2D eigenvalue weighted by molar-refractivity contribution is 9.10. The summed E-state index contributed by atoms with van der Waals surface area (Å²) in [6, 6.07) is 7.87. The third-order valence-electron chi connectivity index (χ3n) is 5.65. The zero-order valence-corrected chi connectivity index (χ0v) is 14.0. The smallest absolute Gasteiger partial charge is 0.251 e. The average Bonchev–Trinajstić information content (AvgIpc) is 2.86. The fourth-order valence-electron chi connectivity index (χ4n) is 4.48. The van der Waals surface area contributed by atoms with Gasteiger partial charge >= 0.3 is 0 Å². The van der Waals surface area contributed by atoms with Crippen LogP contribution in [0, 0.1) is 16.7 Å². The van der Waals surface area contributed by atoms with Crippen LogP contribution in [0.5, 0.6) is 0 Å². The van der Waals surface area contributed by atoms with Crippen molar-refractivity contribution in [1.82, 2.24) is 5.32 Å². The molecule has 3 rings (SSSR count). The topological polar surface area (TPSA) is 29.1 Å². The Bertz CT molecular complexity index is 532. The fraction of sp³-hybridized carbons (Fsp3) is 0.588. The normalized spacial score (nSPS) is 34.2. The van der Waals surface area contributed by atoms with Crippen LogP contribution in [0.25, 0.3) is 0 Å². The van der Waals surface area contributed by atoms with Gasteiger partial charge in [0.25, 0.3) is 5.91 Å². The summed E-state index contributed by atoms with van der Waals surface area (Å²) in [6.07, 6.45) is 3.81. The standard InChI is InChI=1S/C17H22BrNO/c1-16(2)12-8-9-17(3,10-12)15(16)19-14(20)11-4-6-13(18)7-5-11/h4-7,12,15H,8-10H2,1-3H3,(H,19,20)/t12-,15+,17+/m0/s1. The van der Waals surface area contributed by atoms with Gasteiger partial charge in [0.1, 0.15) is 0 Å². The third kappa shape index (κ3) is 2.11. The second kappa shape index (κ2) is 4.59. The molecule has 0 radical (unpaired) electrons. The molecule has 2 aliphatic rings. The molecule has 0 aliphatic heterocycles. The minimum absolute atomic E-state index is 0.0596. The maximum atomic E-state index is 12.5. The molecule has 1 aromatic rings. The minimum Gasteiger partial charge on any atom is -0.348 e. The molecule has 108 valence electrons. The van der Waals surface area contributed by atoms with Crippen molar-refractivity contribution in [2.45, 2.75) is 46.1 Å². The molecule has 0 aromatic heterocycles. The van der Waals surface area contributed by atoms with Crippen molar-refractivity contribution in [3.8, 4) is 0 Å². The highest BCUT2D eigenvalue weighted by Gasteiger charge is 2.59. The van der Waals surface area contributed by atoms with E-state index in [1.54, 1.807) is 0 Å². The molecular formula is C17H22BrNO. The molecule has 1 amide bonds. The van der Waals surface area contributed by atoms with Gasteiger partial charge in [-0.2, -0.15) is 0 Å². The molecule has 2 fully saturated rings. The monoisotopic (exact) mass is 335 g/mol. The SMILES string of the molecule is CC1(C)[C@H]2CC[C@](C)(C2)[C@@H]1NC(=O)c1ccc(Br)cc1. The van der Waals surface area contributed by atoms with Crippen molar-refractivity contribution in [3.05, 3.63) is 34.3 Å². The van der Waals surface area contributed by atoms with Crippen molar-refractivity contribution in [3.63, 3.8) is 0 Å². The number of rotatable bonds is 2. The molecule has 1 aromatic carbocycles. The molecule has 0 saturated heterocycles. The highest BCUT2D eigenvalue weighted by atomic mass is 79.9. The molecule has 0 spiro atoms. The van der Waals surface area contributed by atoms with Crippen LogP contribution in [0.15, 0.2) is 28.7 Å². The molecule has 0 unspecified atom stereocenters. The zero-order chi connectivity index (χ0) is 14.5. The van der Waals surface area contributed by atoms with Crippen LogP contribution in [-0.2, 0) is 0 Å². The summed E-state index contributed by atoms with van der Waals surface area (Å²) in [5.74, 6) is 0.812. The number of amides is 1. The van der Waals surface area contributed by atoms with Crippen LogP contribution in [0.1, 0.15) is 50.4 Å². The van der Waals surface area contributed by atoms with Crippen LogP contribution in [-0.4, -0.2) is 11.9 Å². The summed E-state index contributed by atoms with van der Waals surface area (Å²) in [4.78, 5) is 12.5. The van der Waals surface area contributed by atoms with E-state index in [2.05, 4.69) is 42.0 Å². The summed E-state index contributed by atoms with van der Waals surface area (Å²) >= 11 is 3.40. The van der Waals surface area contributed by atoms with Crippen LogP contribution in [0.3, 0.4) is 0 Å². The van der Waals surface area contributed by atoms with E-state index in [1.807, 2.05) is 24.3 Å². The first kappa shape index (κ1) is 14.1. The Morgan fingerprint density at radius 1 is 1.25 bits per heavy atom. The number of halogens is 1. The zero-order valence-electron chi connectivity index (χ0n) is 12.4. The Balaban J connectivity index is 1.80.